The SMILES string of the molecule is Cl.N#CCN1CCCC(N)C1=C=O. The van der Waals surface area contributed by atoms with Crippen LogP contribution in [-0.4, -0.2) is 30.0 Å². The first-order valence-corrected chi connectivity index (χ1v) is 3.92. The van der Waals surface area contributed by atoms with Crippen molar-refractivity contribution in [3.63, 3.8) is 0 Å². The second kappa shape index (κ2) is 5.60. The Hall–Kier alpha value is -1.01. The summed E-state index contributed by atoms with van der Waals surface area (Å²) in [6.45, 7) is 0.976. The molecule has 1 fully saturated rings. The molecule has 0 aromatic rings. The Morgan fingerprint density at radius 1 is 1.69 bits per heavy atom. The molecule has 1 aliphatic heterocycles. The van der Waals surface area contributed by atoms with Crippen molar-refractivity contribution in [3.05, 3.63) is 5.70 Å². The summed E-state index contributed by atoms with van der Waals surface area (Å²) in [6, 6.07) is 1.76. The monoisotopic (exact) mass is 201 g/mol. The highest BCUT2D eigenvalue weighted by Crippen LogP contribution is 2.16. The van der Waals surface area contributed by atoms with Crippen molar-refractivity contribution in [2.45, 2.75) is 18.9 Å². The number of hydrogen-bond acceptors (Lipinski definition) is 4. The lowest BCUT2D eigenvalue weighted by Crippen LogP contribution is -2.41. The zero-order chi connectivity index (χ0) is 8.97. The van der Waals surface area contributed by atoms with E-state index in [1.54, 1.807) is 10.8 Å². The molecule has 0 spiro atoms. The first-order chi connectivity index (χ1) is 5.79. The van der Waals surface area contributed by atoms with Gasteiger partial charge >= 0.3 is 0 Å². The van der Waals surface area contributed by atoms with Gasteiger partial charge in [-0.1, -0.05) is 0 Å². The highest BCUT2D eigenvalue weighted by atomic mass is 35.5. The number of piperidine rings is 1. The highest BCUT2D eigenvalue weighted by Gasteiger charge is 2.22. The van der Waals surface area contributed by atoms with Crippen molar-refractivity contribution >= 4 is 18.3 Å². The van der Waals surface area contributed by atoms with E-state index >= 15 is 0 Å². The molecule has 1 aliphatic rings. The number of halogens is 1. The maximum absolute atomic E-state index is 10.5. The minimum Gasteiger partial charge on any atom is -0.351 e. The van der Waals surface area contributed by atoms with Crippen LogP contribution in [0.15, 0.2) is 5.70 Å². The van der Waals surface area contributed by atoms with Gasteiger partial charge in [0, 0.05) is 6.54 Å². The van der Waals surface area contributed by atoms with Gasteiger partial charge in [-0.25, -0.2) is 4.79 Å². The molecule has 0 radical (unpaired) electrons. The third-order valence-electron chi connectivity index (χ3n) is 2.00. The summed E-state index contributed by atoms with van der Waals surface area (Å²) in [7, 11) is 0. The molecule has 1 rings (SSSR count). The minimum absolute atomic E-state index is 0. The van der Waals surface area contributed by atoms with E-state index in [-0.39, 0.29) is 25.0 Å². The predicted octanol–water partition coefficient (Wildman–Crippen LogP) is 0.0704. The van der Waals surface area contributed by atoms with Crippen molar-refractivity contribution in [2.24, 2.45) is 5.73 Å². The summed E-state index contributed by atoms with van der Waals surface area (Å²) in [5, 5.41) is 8.44. The summed E-state index contributed by atoms with van der Waals surface area (Å²) < 4.78 is 0. The molecule has 0 bridgehead atoms. The topological polar surface area (TPSA) is 70.1 Å². The van der Waals surface area contributed by atoms with Gasteiger partial charge in [-0.2, -0.15) is 5.26 Å². The van der Waals surface area contributed by atoms with Crippen LogP contribution in [0.3, 0.4) is 0 Å². The fourth-order valence-corrected chi connectivity index (χ4v) is 1.38. The van der Waals surface area contributed by atoms with Crippen LogP contribution in [0.1, 0.15) is 12.8 Å². The van der Waals surface area contributed by atoms with Crippen molar-refractivity contribution in [1.29, 1.82) is 5.26 Å². The van der Waals surface area contributed by atoms with Gasteiger partial charge in [0.2, 0.25) is 0 Å². The second-order valence-electron chi connectivity index (χ2n) is 2.82. The van der Waals surface area contributed by atoms with E-state index in [1.165, 1.54) is 0 Å². The molecule has 1 saturated heterocycles. The molecule has 1 atom stereocenters. The van der Waals surface area contributed by atoms with Crippen molar-refractivity contribution in [1.82, 2.24) is 4.90 Å². The van der Waals surface area contributed by atoms with Gasteiger partial charge < -0.3 is 10.6 Å². The number of likely N-dealkylation sites (tertiary alicyclic amines) is 1. The lowest BCUT2D eigenvalue weighted by Gasteiger charge is -2.30. The van der Waals surface area contributed by atoms with Gasteiger partial charge in [0.05, 0.1) is 12.1 Å². The molecule has 1 heterocycles. The standard InChI is InChI=1S/C8H11N3O.ClH/c9-3-5-11-4-1-2-7(10)8(11)6-12;/h7H,1-2,4-5,10H2;1H. The molecule has 2 N–H and O–H groups in total. The minimum atomic E-state index is -0.232. The normalized spacial score (nSPS) is 21.4. The van der Waals surface area contributed by atoms with E-state index in [4.69, 9.17) is 11.0 Å². The van der Waals surface area contributed by atoms with Gasteiger partial charge in [-0.05, 0) is 12.8 Å². The number of nitrogens with two attached hydrogens (primary N) is 1. The largest absolute Gasteiger partial charge is 0.351 e. The summed E-state index contributed by atoms with van der Waals surface area (Å²) in [5.41, 5.74) is 6.11. The Balaban J connectivity index is 0.00000144. The van der Waals surface area contributed by atoms with E-state index in [0.29, 0.717) is 5.70 Å². The molecule has 0 aromatic heterocycles. The van der Waals surface area contributed by atoms with Crippen LogP contribution in [0.4, 0.5) is 0 Å². The molecule has 0 saturated carbocycles. The molecule has 4 nitrogen and oxygen atoms in total. The Bertz CT molecular complexity index is 255. The first-order valence-electron chi connectivity index (χ1n) is 3.92. The zero-order valence-corrected chi connectivity index (χ0v) is 8.01. The van der Waals surface area contributed by atoms with E-state index in [9.17, 15) is 4.79 Å². The summed E-state index contributed by atoms with van der Waals surface area (Å²) >= 11 is 0. The molecule has 0 aliphatic carbocycles. The van der Waals surface area contributed by atoms with Crippen LogP contribution in [0, 0.1) is 11.3 Å². The van der Waals surface area contributed by atoms with Gasteiger partial charge in [0.1, 0.15) is 18.2 Å². The third kappa shape index (κ3) is 2.74. The van der Waals surface area contributed by atoms with Crippen molar-refractivity contribution in [3.8, 4) is 6.07 Å². The average Bonchev–Trinajstić information content (AvgIpc) is 2.05. The molecule has 72 valence electrons. The lowest BCUT2D eigenvalue weighted by atomic mass is 10.0. The summed E-state index contributed by atoms with van der Waals surface area (Å²) in [6.07, 6.45) is 1.75. The number of hydrogen-bond donors (Lipinski definition) is 1. The third-order valence-corrected chi connectivity index (χ3v) is 2.00. The molecule has 0 amide bonds. The molecule has 1 unspecified atom stereocenters. The average molecular weight is 202 g/mol. The number of rotatable bonds is 1. The fraction of sp³-hybridized carbons (Fsp3) is 0.625. The van der Waals surface area contributed by atoms with E-state index in [1.807, 2.05) is 6.07 Å². The second-order valence-corrected chi connectivity index (χ2v) is 2.82. The Labute approximate surface area is 83.4 Å². The van der Waals surface area contributed by atoms with Crippen LogP contribution in [0.2, 0.25) is 0 Å². The highest BCUT2D eigenvalue weighted by molar-refractivity contribution is 5.85. The number of nitrogens with zero attached hydrogens (tertiary/aromatic N) is 2. The molecular formula is C8H12ClN3O. The smallest absolute Gasteiger partial charge is 0.147 e. The summed E-state index contributed by atoms with van der Waals surface area (Å²) in [5.74, 6) is 1.81. The van der Waals surface area contributed by atoms with Crippen LogP contribution in [-0.2, 0) is 4.79 Å². The molecule has 5 heteroatoms. The van der Waals surface area contributed by atoms with Crippen LogP contribution in [0.5, 0.6) is 0 Å². The molecular weight excluding hydrogens is 190 g/mol. The first kappa shape index (κ1) is 12.0. The van der Waals surface area contributed by atoms with Gasteiger partial charge in [0.15, 0.2) is 0 Å². The maximum Gasteiger partial charge on any atom is 0.147 e. The number of nitriles is 1. The number of carbonyl (C=O) groups excluding carboxylic acids is 1. The Morgan fingerprint density at radius 3 is 2.92 bits per heavy atom. The van der Waals surface area contributed by atoms with E-state index in [2.05, 4.69) is 0 Å². The zero-order valence-electron chi connectivity index (χ0n) is 7.19. The van der Waals surface area contributed by atoms with E-state index in [0.717, 1.165) is 19.4 Å². The van der Waals surface area contributed by atoms with Gasteiger partial charge in [-0.15, -0.1) is 12.4 Å². The quantitative estimate of drug-likeness (QED) is 0.482. The van der Waals surface area contributed by atoms with E-state index < -0.39 is 0 Å². The van der Waals surface area contributed by atoms with Gasteiger partial charge in [-0.3, -0.25) is 0 Å². The maximum atomic E-state index is 10.5. The predicted molar refractivity (Wildman–Crippen MR) is 50.8 cm³/mol. The van der Waals surface area contributed by atoms with Crippen LogP contribution in [0.25, 0.3) is 0 Å². The van der Waals surface area contributed by atoms with Crippen molar-refractivity contribution in [2.75, 3.05) is 13.1 Å². The summed E-state index contributed by atoms with van der Waals surface area (Å²) in [4.78, 5) is 12.2. The Morgan fingerprint density at radius 2 is 2.38 bits per heavy atom. The Kier molecular flexibility index (Phi) is 5.17. The van der Waals surface area contributed by atoms with Crippen LogP contribution < -0.4 is 5.73 Å². The van der Waals surface area contributed by atoms with Crippen molar-refractivity contribution < 1.29 is 4.79 Å². The van der Waals surface area contributed by atoms with Gasteiger partial charge in [0.25, 0.3) is 0 Å². The molecule has 0 aromatic carbocycles. The van der Waals surface area contributed by atoms with Crippen LogP contribution >= 0.6 is 12.4 Å². The molecule has 13 heavy (non-hydrogen) atoms. The lowest BCUT2D eigenvalue weighted by molar-refractivity contribution is 0.301. The fourth-order valence-electron chi connectivity index (χ4n) is 1.38.